The maximum absolute atomic E-state index is 5.82. The highest BCUT2D eigenvalue weighted by molar-refractivity contribution is 5.22. The molecule has 1 aliphatic heterocycles. The molecular formula is C18H25N3O. The lowest BCUT2D eigenvalue weighted by Gasteiger charge is -2.25. The van der Waals surface area contributed by atoms with Gasteiger partial charge in [0.25, 0.3) is 0 Å². The monoisotopic (exact) mass is 299 g/mol. The van der Waals surface area contributed by atoms with E-state index in [2.05, 4.69) is 45.6 Å². The molecule has 4 nitrogen and oxygen atoms in total. The summed E-state index contributed by atoms with van der Waals surface area (Å²) in [6.45, 7) is 7.06. The minimum Gasteiger partial charge on any atom is -0.377 e. The van der Waals surface area contributed by atoms with E-state index in [1.54, 1.807) is 0 Å². The number of benzene rings is 1. The second-order valence-corrected chi connectivity index (χ2v) is 6.16. The van der Waals surface area contributed by atoms with Crippen LogP contribution in [0.1, 0.15) is 24.0 Å². The van der Waals surface area contributed by atoms with Gasteiger partial charge in [-0.05, 0) is 25.3 Å². The minimum atomic E-state index is 0.396. The summed E-state index contributed by atoms with van der Waals surface area (Å²) in [4.78, 5) is 6.62. The SMILES string of the molecule is Cc1cccc(CN(CCn2ccnc2)CC2CCCO2)c1. The zero-order valence-electron chi connectivity index (χ0n) is 13.3. The van der Waals surface area contributed by atoms with Crippen molar-refractivity contribution in [2.45, 2.75) is 39.0 Å². The van der Waals surface area contributed by atoms with Gasteiger partial charge in [-0.25, -0.2) is 4.98 Å². The fourth-order valence-electron chi connectivity index (χ4n) is 3.06. The largest absolute Gasteiger partial charge is 0.377 e. The van der Waals surface area contributed by atoms with Crippen molar-refractivity contribution >= 4 is 0 Å². The van der Waals surface area contributed by atoms with Crippen molar-refractivity contribution in [1.29, 1.82) is 0 Å². The fourth-order valence-corrected chi connectivity index (χ4v) is 3.06. The number of hydrogen-bond acceptors (Lipinski definition) is 3. The predicted octanol–water partition coefficient (Wildman–Crippen LogP) is 2.87. The van der Waals surface area contributed by atoms with Gasteiger partial charge in [-0.2, -0.15) is 0 Å². The normalized spacial score (nSPS) is 18.2. The summed E-state index contributed by atoms with van der Waals surface area (Å²) in [5.74, 6) is 0. The van der Waals surface area contributed by atoms with Crippen molar-refractivity contribution in [1.82, 2.24) is 14.5 Å². The molecule has 1 unspecified atom stereocenters. The molecule has 0 amide bonds. The molecule has 2 heterocycles. The van der Waals surface area contributed by atoms with Gasteiger partial charge in [-0.1, -0.05) is 29.8 Å². The van der Waals surface area contributed by atoms with E-state index in [4.69, 9.17) is 4.74 Å². The Morgan fingerprint density at radius 3 is 3.09 bits per heavy atom. The predicted molar refractivity (Wildman–Crippen MR) is 87.7 cm³/mol. The average Bonchev–Trinajstić information content (AvgIpc) is 3.18. The molecule has 4 heteroatoms. The first kappa shape index (κ1) is 15.3. The minimum absolute atomic E-state index is 0.396. The van der Waals surface area contributed by atoms with Crippen molar-refractivity contribution in [2.24, 2.45) is 0 Å². The van der Waals surface area contributed by atoms with Gasteiger partial charge in [0.15, 0.2) is 0 Å². The van der Waals surface area contributed by atoms with Crippen molar-refractivity contribution in [3.8, 4) is 0 Å². The maximum atomic E-state index is 5.82. The molecule has 0 saturated carbocycles. The fraction of sp³-hybridized carbons (Fsp3) is 0.500. The van der Waals surface area contributed by atoms with Gasteiger partial charge in [0.1, 0.15) is 0 Å². The maximum Gasteiger partial charge on any atom is 0.0946 e. The van der Waals surface area contributed by atoms with E-state index in [-0.39, 0.29) is 0 Å². The Labute approximate surface area is 132 Å². The van der Waals surface area contributed by atoms with E-state index in [1.165, 1.54) is 24.0 Å². The van der Waals surface area contributed by atoms with Gasteiger partial charge < -0.3 is 9.30 Å². The molecule has 0 bridgehead atoms. The number of imidazole rings is 1. The lowest BCUT2D eigenvalue weighted by Crippen LogP contribution is -2.34. The Balaban J connectivity index is 1.61. The van der Waals surface area contributed by atoms with Gasteiger partial charge in [0.2, 0.25) is 0 Å². The lowest BCUT2D eigenvalue weighted by molar-refractivity contribution is 0.0693. The van der Waals surface area contributed by atoms with Crippen LogP contribution in [0.4, 0.5) is 0 Å². The van der Waals surface area contributed by atoms with Crippen molar-refractivity contribution in [3.63, 3.8) is 0 Å². The molecule has 0 spiro atoms. The van der Waals surface area contributed by atoms with E-state index < -0.39 is 0 Å². The summed E-state index contributed by atoms with van der Waals surface area (Å²) in [5, 5.41) is 0. The molecule has 1 aromatic heterocycles. The van der Waals surface area contributed by atoms with Crippen LogP contribution in [0, 0.1) is 6.92 Å². The molecule has 0 N–H and O–H groups in total. The molecule has 1 atom stereocenters. The summed E-state index contributed by atoms with van der Waals surface area (Å²) in [6, 6.07) is 8.79. The molecule has 1 fully saturated rings. The second kappa shape index (κ2) is 7.56. The highest BCUT2D eigenvalue weighted by Gasteiger charge is 2.19. The van der Waals surface area contributed by atoms with Gasteiger partial charge in [0.05, 0.1) is 12.4 Å². The summed E-state index contributed by atoms with van der Waals surface area (Å²) in [7, 11) is 0. The molecule has 0 aliphatic carbocycles. The second-order valence-electron chi connectivity index (χ2n) is 6.16. The quantitative estimate of drug-likeness (QED) is 0.787. The van der Waals surface area contributed by atoms with Gasteiger partial charge >= 0.3 is 0 Å². The molecule has 0 radical (unpaired) electrons. The Morgan fingerprint density at radius 1 is 1.41 bits per heavy atom. The number of hydrogen-bond donors (Lipinski definition) is 0. The molecule has 2 aromatic rings. The zero-order chi connectivity index (χ0) is 15.2. The first-order valence-electron chi connectivity index (χ1n) is 8.15. The number of nitrogens with zero attached hydrogens (tertiary/aromatic N) is 3. The number of ether oxygens (including phenoxy) is 1. The zero-order valence-corrected chi connectivity index (χ0v) is 13.3. The summed E-state index contributed by atoms with van der Waals surface area (Å²) >= 11 is 0. The molecule has 3 rings (SSSR count). The van der Waals surface area contributed by atoms with Crippen LogP contribution in [-0.4, -0.2) is 40.3 Å². The summed E-state index contributed by atoms with van der Waals surface area (Å²) in [6.07, 6.45) is 8.53. The van der Waals surface area contributed by atoms with E-state index in [1.807, 2.05) is 18.7 Å². The van der Waals surface area contributed by atoms with Gasteiger partial charge in [0, 0.05) is 45.2 Å². The lowest BCUT2D eigenvalue weighted by atomic mass is 10.1. The van der Waals surface area contributed by atoms with Crippen molar-refractivity contribution < 1.29 is 4.74 Å². The Kier molecular flexibility index (Phi) is 5.24. The molecule has 1 aliphatic rings. The number of aryl methyl sites for hydroxylation is 1. The van der Waals surface area contributed by atoms with Crippen LogP contribution in [0.3, 0.4) is 0 Å². The Bertz CT molecular complexity index is 561. The van der Waals surface area contributed by atoms with E-state index in [9.17, 15) is 0 Å². The van der Waals surface area contributed by atoms with Crippen LogP contribution >= 0.6 is 0 Å². The van der Waals surface area contributed by atoms with Gasteiger partial charge in [-0.3, -0.25) is 4.90 Å². The van der Waals surface area contributed by atoms with Crippen LogP contribution in [0.25, 0.3) is 0 Å². The van der Waals surface area contributed by atoms with Crippen LogP contribution in [0.2, 0.25) is 0 Å². The highest BCUT2D eigenvalue weighted by atomic mass is 16.5. The van der Waals surface area contributed by atoms with Crippen LogP contribution in [0.15, 0.2) is 43.0 Å². The Morgan fingerprint density at radius 2 is 2.36 bits per heavy atom. The third kappa shape index (κ3) is 4.42. The van der Waals surface area contributed by atoms with Crippen LogP contribution in [-0.2, 0) is 17.8 Å². The van der Waals surface area contributed by atoms with E-state index in [0.717, 1.165) is 32.8 Å². The highest BCUT2D eigenvalue weighted by Crippen LogP contribution is 2.15. The van der Waals surface area contributed by atoms with E-state index in [0.29, 0.717) is 6.10 Å². The van der Waals surface area contributed by atoms with E-state index >= 15 is 0 Å². The average molecular weight is 299 g/mol. The van der Waals surface area contributed by atoms with Crippen molar-refractivity contribution in [2.75, 3.05) is 19.7 Å². The third-order valence-corrected chi connectivity index (χ3v) is 4.21. The first-order chi connectivity index (χ1) is 10.8. The molecule has 1 saturated heterocycles. The van der Waals surface area contributed by atoms with Gasteiger partial charge in [-0.15, -0.1) is 0 Å². The van der Waals surface area contributed by atoms with Crippen LogP contribution in [0.5, 0.6) is 0 Å². The first-order valence-corrected chi connectivity index (χ1v) is 8.15. The summed E-state index contributed by atoms with van der Waals surface area (Å²) in [5.41, 5.74) is 2.70. The molecule has 22 heavy (non-hydrogen) atoms. The number of aromatic nitrogens is 2. The number of rotatable bonds is 7. The van der Waals surface area contributed by atoms with Crippen LogP contribution < -0.4 is 0 Å². The third-order valence-electron chi connectivity index (χ3n) is 4.21. The Hall–Kier alpha value is -1.65. The molecule has 118 valence electrons. The smallest absolute Gasteiger partial charge is 0.0946 e. The topological polar surface area (TPSA) is 30.3 Å². The molecule has 1 aromatic carbocycles. The van der Waals surface area contributed by atoms with Crippen molar-refractivity contribution in [3.05, 3.63) is 54.1 Å². The molecular weight excluding hydrogens is 274 g/mol. The summed E-state index contributed by atoms with van der Waals surface area (Å²) < 4.78 is 7.96. The standard InChI is InChI=1S/C18H25N3O/c1-16-4-2-5-17(12-16)13-21(14-18-6-3-11-22-18)10-9-20-8-7-19-15-20/h2,4-5,7-8,12,15,18H,3,6,9-11,13-14H2,1H3.